The van der Waals surface area contributed by atoms with Crippen molar-refractivity contribution in [1.29, 1.82) is 0 Å². The molecule has 3 amide bonds. The highest BCUT2D eigenvalue weighted by atomic mass is 19.4. The van der Waals surface area contributed by atoms with Crippen molar-refractivity contribution < 1.29 is 22.8 Å². The summed E-state index contributed by atoms with van der Waals surface area (Å²) in [5.41, 5.74) is 1.15. The highest BCUT2D eigenvalue weighted by Gasteiger charge is 2.30. The van der Waals surface area contributed by atoms with Crippen molar-refractivity contribution in [2.24, 2.45) is 0 Å². The molecule has 0 bridgehead atoms. The van der Waals surface area contributed by atoms with Crippen molar-refractivity contribution in [1.82, 2.24) is 16.0 Å². The fourth-order valence-corrected chi connectivity index (χ4v) is 2.26. The number of hydrogen-bond donors (Lipinski definition) is 3. The first kappa shape index (κ1) is 20.3. The van der Waals surface area contributed by atoms with Gasteiger partial charge in [-0.2, -0.15) is 13.2 Å². The van der Waals surface area contributed by atoms with Crippen LogP contribution >= 0.6 is 0 Å². The van der Waals surface area contributed by atoms with E-state index in [9.17, 15) is 22.8 Å². The zero-order valence-electron chi connectivity index (χ0n) is 14.7. The molecule has 0 spiro atoms. The number of alkyl halides is 3. The van der Waals surface area contributed by atoms with Crippen LogP contribution in [0.5, 0.6) is 0 Å². The molecule has 0 radical (unpaired) electrons. The minimum Gasteiger partial charge on any atom is -0.350 e. The zero-order valence-corrected chi connectivity index (χ0v) is 14.7. The maximum absolute atomic E-state index is 12.6. The van der Waals surface area contributed by atoms with Gasteiger partial charge in [0.1, 0.15) is 0 Å². The van der Waals surface area contributed by atoms with Crippen molar-refractivity contribution >= 4 is 11.9 Å². The van der Waals surface area contributed by atoms with Crippen LogP contribution in [0.4, 0.5) is 18.0 Å². The van der Waals surface area contributed by atoms with Crippen LogP contribution in [0, 0.1) is 6.92 Å². The monoisotopic (exact) mass is 379 g/mol. The van der Waals surface area contributed by atoms with E-state index in [1.165, 1.54) is 12.1 Å². The van der Waals surface area contributed by atoms with Crippen LogP contribution in [0.1, 0.15) is 27.0 Å². The Hall–Kier alpha value is -3.03. The Morgan fingerprint density at radius 3 is 2.26 bits per heavy atom. The quantitative estimate of drug-likeness (QED) is 0.675. The second-order valence-electron chi connectivity index (χ2n) is 5.93. The van der Waals surface area contributed by atoms with Gasteiger partial charge in [-0.25, -0.2) is 4.79 Å². The molecule has 0 aliphatic heterocycles. The molecule has 0 fully saturated rings. The van der Waals surface area contributed by atoms with Crippen LogP contribution in [-0.4, -0.2) is 25.0 Å². The number of urea groups is 1. The predicted octanol–water partition coefficient (Wildman–Crippen LogP) is 3.24. The average Bonchev–Trinajstić information content (AvgIpc) is 2.63. The minimum atomic E-state index is -4.42. The first-order valence-electron chi connectivity index (χ1n) is 8.28. The fraction of sp³-hybridized carbons (Fsp3) is 0.263. The molecule has 27 heavy (non-hydrogen) atoms. The van der Waals surface area contributed by atoms with E-state index in [1.54, 1.807) is 12.1 Å². The summed E-state index contributed by atoms with van der Waals surface area (Å²) in [6.07, 6.45) is -4.42. The molecular formula is C19H20F3N3O2. The summed E-state index contributed by atoms with van der Waals surface area (Å²) in [5, 5.41) is 7.67. The molecule has 0 atom stereocenters. The van der Waals surface area contributed by atoms with Gasteiger partial charge in [0.05, 0.1) is 5.56 Å². The standard InChI is InChI=1S/C19H20F3N3O2/c1-13-5-7-15(8-6-13)17(26)23-9-10-24-18(27)25-12-14-3-2-4-16(11-14)19(20,21)22/h2-8,11H,9-10,12H2,1H3,(H,23,26)(H2,24,25,27). The predicted molar refractivity (Wildman–Crippen MR) is 95.2 cm³/mol. The number of rotatable bonds is 6. The molecular weight excluding hydrogens is 359 g/mol. The molecule has 0 saturated heterocycles. The van der Waals surface area contributed by atoms with Crippen LogP contribution in [0.15, 0.2) is 48.5 Å². The maximum atomic E-state index is 12.6. The lowest BCUT2D eigenvalue weighted by Crippen LogP contribution is -2.40. The number of amides is 3. The molecule has 0 saturated carbocycles. The molecule has 2 aromatic carbocycles. The van der Waals surface area contributed by atoms with Crippen LogP contribution < -0.4 is 16.0 Å². The molecule has 0 aromatic heterocycles. The van der Waals surface area contributed by atoms with Gasteiger partial charge in [-0.15, -0.1) is 0 Å². The van der Waals surface area contributed by atoms with Crippen molar-refractivity contribution in [3.05, 3.63) is 70.8 Å². The lowest BCUT2D eigenvalue weighted by molar-refractivity contribution is -0.137. The number of halogens is 3. The third-order valence-electron chi connectivity index (χ3n) is 3.72. The van der Waals surface area contributed by atoms with Crippen molar-refractivity contribution in [3.8, 4) is 0 Å². The van der Waals surface area contributed by atoms with Gasteiger partial charge in [0.25, 0.3) is 5.91 Å². The van der Waals surface area contributed by atoms with Gasteiger partial charge in [-0.1, -0.05) is 29.8 Å². The number of hydrogen-bond acceptors (Lipinski definition) is 2. The van der Waals surface area contributed by atoms with E-state index in [0.29, 0.717) is 11.1 Å². The van der Waals surface area contributed by atoms with E-state index in [1.807, 2.05) is 19.1 Å². The topological polar surface area (TPSA) is 70.2 Å². The summed E-state index contributed by atoms with van der Waals surface area (Å²) in [7, 11) is 0. The van der Waals surface area contributed by atoms with E-state index in [0.717, 1.165) is 17.7 Å². The van der Waals surface area contributed by atoms with Crippen LogP contribution in [0.2, 0.25) is 0 Å². The second kappa shape index (κ2) is 9.07. The average molecular weight is 379 g/mol. The molecule has 144 valence electrons. The number of benzene rings is 2. The fourth-order valence-electron chi connectivity index (χ4n) is 2.26. The molecule has 2 aromatic rings. The summed E-state index contributed by atoms with van der Waals surface area (Å²) in [4.78, 5) is 23.6. The highest BCUT2D eigenvalue weighted by Crippen LogP contribution is 2.29. The van der Waals surface area contributed by atoms with Crippen molar-refractivity contribution in [2.45, 2.75) is 19.6 Å². The summed E-state index contributed by atoms with van der Waals surface area (Å²) in [6, 6.07) is 11.3. The first-order valence-corrected chi connectivity index (χ1v) is 8.28. The lowest BCUT2D eigenvalue weighted by Gasteiger charge is -2.11. The van der Waals surface area contributed by atoms with Gasteiger partial charge in [0.2, 0.25) is 0 Å². The Morgan fingerprint density at radius 2 is 1.59 bits per heavy atom. The summed E-state index contributed by atoms with van der Waals surface area (Å²) in [5.74, 6) is -0.249. The van der Waals surface area contributed by atoms with E-state index in [2.05, 4.69) is 16.0 Å². The van der Waals surface area contributed by atoms with Crippen molar-refractivity contribution in [3.63, 3.8) is 0 Å². The Labute approximate surface area is 155 Å². The summed E-state index contributed by atoms with van der Waals surface area (Å²) < 4.78 is 37.9. The highest BCUT2D eigenvalue weighted by molar-refractivity contribution is 5.94. The number of aryl methyl sites for hydroxylation is 1. The molecule has 5 nitrogen and oxygen atoms in total. The zero-order chi connectivity index (χ0) is 19.9. The summed E-state index contributed by atoms with van der Waals surface area (Å²) >= 11 is 0. The van der Waals surface area contributed by atoms with Gasteiger partial charge < -0.3 is 16.0 Å². The SMILES string of the molecule is Cc1ccc(C(=O)NCCNC(=O)NCc2cccc(C(F)(F)F)c2)cc1. The second-order valence-corrected chi connectivity index (χ2v) is 5.93. The van der Waals surface area contributed by atoms with Crippen LogP contribution in [0.25, 0.3) is 0 Å². The lowest BCUT2D eigenvalue weighted by atomic mass is 10.1. The third kappa shape index (κ3) is 6.65. The molecule has 2 rings (SSSR count). The molecule has 0 aliphatic carbocycles. The molecule has 0 unspecified atom stereocenters. The number of carbonyl (C=O) groups is 2. The van der Waals surface area contributed by atoms with Crippen molar-refractivity contribution in [2.75, 3.05) is 13.1 Å². The maximum Gasteiger partial charge on any atom is 0.416 e. The largest absolute Gasteiger partial charge is 0.416 e. The van der Waals surface area contributed by atoms with Gasteiger partial charge in [0.15, 0.2) is 0 Å². The molecule has 8 heteroatoms. The minimum absolute atomic E-state index is 0.0362. The first-order chi connectivity index (χ1) is 12.8. The Morgan fingerprint density at radius 1 is 0.926 bits per heavy atom. The van der Waals surface area contributed by atoms with E-state index in [4.69, 9.17) is 0 Å². The Bertz CT molecular complexity index is 790. The van der Waals surface area contributed by atoms with E-state index >= 15 is 0 Å². The smallest absolute Gasteiger partial charge is 0.350 e. The Balaban J connectivity index is 1.69. The van der Waals surface area contributed by atoms with Gasteiger partial charge >= 0.3 is 12.2 Å². The molecule has 0 aliphatic rings. The van der Waals surface area contributed by atoms with Crippen LogP contribution in [0.3, 0.4) is 0 Å². The number of nitrogens with one attached hydrogen (secondary N) is 3. The molecule has 0 heterocycles. The van der Waals surface area contributed by atoms with Crippen LogP contribution in [-0.2, 0) is 12.7 Å². The normalized spacial score (nSPS) is 11.0. The van der Waals surface area contributed by atoms with Gasteiger partial charge in [0, 0.05) is 25.2 Å². The number of carbonyl (C=O) groups excluding carboxylic acids is 2. The van der Waals surface area contributed by atoms with Gasteiger partial charge in [-0.05, 0) is 36.8 Å². The Kier molecular flexibility index (Phi) is 6.81. The van der Waals surface area contributed by atoms with Gasteiger partial charge in [-0.3, -0.25) is 4.79 Å². The summed E-state index contributed by atoms with van der Waals surface area (Å²) in [6.45, 7) is 2.30. The molecule has 3 N–H and O–H groups in total. The van der Waals surface area contributed by atoms with E-state index in [-0.39, 0.29) is 25.5 Å². The third-order valence-corrected chi connectivity index (χ3v) is 3.72. The van der Waals surface area contributed by atoms with E-state index < -0.39 is 17.8 Å².